The van der Waals surface area contributed by atoms with Gasteiger partial charge >= 0.3 is 0 Å². The molecule has 0 atom stereocenters. The average molecular weight is 454 g/mol. The predicted molar refractivity (Wildman–Crippen MR) is 137 cm³/mol. The smallest absolute Gasteiger partial charge is 0.176 e. The topological polar surface area (TPSA) is 65.1 Å². The van der Waals surface area contributed by atoms with Gasteiger partial charge in [0.15, 0.2) is 5.78 Å². The molecular formula is C28H31N5O. The molecule has 1 aliphatic heterocycles. The molecule has 6 nitrogen and oxygen atoms in total. The van der Waals surface area contributed by atoms with E-state index in [0.29, 0.717) is 6.54 Å². The van der Waals surface area contributed by atoms with Crippen LogP contribution in [0.2, 0.25) is 0 Å². The molecule has 0 saturated carbocycles. The average Bonchev–Trinajstić information content (AvgIpc) is 3.29. The van der Waals surface area contributed by atoms with Crippen LogP contribution in [0.15, 0.2) is 67.0 Å². The van der Waals surface area contributed by atoms with Gasteiger partial charge in [-0.25, -0.2) is 4.98 Å². The zero-order chi connectivity index (χ0) is 23.7. The van der Waals surface area contributed by atoms with Gasteiger partial charge in [0.2, 0.25) is 0 Å². The zero-order valence-corrected chi connectivity index (χ0v) is 20.1. The lowest BCUT2D eigenvalue weighted by atomic mass is 9.87. The third-order valence-corrected chi connectivity index (χ3v) is 6.58. The van der Waals surface area contributed by atoms with Gasteiger partial charge in [0.05, 0.1) is 30.1 Å². The first kappa shape index (κ1) is 22.3. The van der Waals surface area contributed by atoms with Crippen LogP contribution in [0.1, 0.15) is 36.7 Å². The van der Waals surface area contributed by atoms with Crippen LogP contribution in [-0.4, -0.2) is 58.4 Å². The van der Waals surface area contributed by atoms with E-state index in [2.05, 4.69) is 64.8 Å². The minimum atomic E-state index is 0.122. The van der Waals surface area contributed by atoms with E-state index in [1.165, 1.54) is 5.56 Å². The Hall–Kier alpha value is -3.51. The molecule has 34 heavy (non-hydrogen) atoms. The molecule has 5 rings (SSSR count). The third kappa shape index (κ3) is 4.59. The van der Waals surface area contributed by atoms with Gasteiger partial charge in [-0.2, -0.15) is 0 Å². The number of pyridine rings is 1. The number of aromatic amines is 1. The Morgan fingerprint density at radius 2 is 1.65 bits per heavy atom. The molecule has 0 amide bonds. The standard InChI is InChI=1S/C28H31N5O/c1-28(2,3)22-11-9-21(10-12-22)27-30-23-17-29-18-24(26(23)31-27)33-15-13-32(14-16-33)19-25(34)20-7-5-4-6-8-20/h4-12,17-18H,13-16,19H2,1-3H3,(H,30,31). The van der Waals surface area contributed by atoms with Crippen LogP contribution in [-0.2, 0) is 5.41 Å². The summed E-state index contributed by atoms with van der Waals surface area (Å²) in [5, 5.41) is 0. The second-order valence-corrected chi connectivity index (χ2v) is 10.0. The van der Waals surface area contributed by atoms with Crippen molar-refractivity contribution >= 4 is 22.5 Å². The van der Waals surface area contributed by atoms with Crippen LogP contribution in [0.4, 0.5) is 5.69 Å². The summed E-state index contributed by atoms with van der Waals surface area (Å²) in [4.78, 5) is 30.0. The number of ketones is 1. The van der Waals surface area contributed by atoms with Crippen molar-refractivity contribution in [1.29, 1.82) is 0 Å². The highest BCUT2D eigenvalue weighted by atomic mass is 16.1. The molecule has 0 aliphatic carbocycles. The van der Waals surface area contributed by atoms with Gasteiger partial charge in [-0.05, 0) is 11.0 Å². The molecule has 0 spiro atoms. The van der Waals surface area contributed by atoms with Crippen molar-refractivity contribution in [1.82, 2.24) is 19.9 Å². The van der Waals surface area contributed by atoms with E-state index in [1.807, 2.05) is 42.7 Å². The summed E-state index contributed by atoms with van der Waals surface area (Å²) < 4.78 is 0. The highest BCUT2D eigenvalue weighted by Gasteiger charge is 2.22. The molecule has 2 aromatic carbocycles. The summed E-state index contributed by atoms with van der Waals surface area (Å²) in [5.41, 5.74) is 6.20. The number of benzene rings is 2. The van der Waals surface area contributed by atoms with Crippen LogP contribution in [0.5, 0.6) is 0 Å². The minimum absolute atomic E-state index is 0.122. The molecule has 1 aliphatic rings. The monoisotopic (exact) mass is 453 g/mol. The lowest BCUT2D eigenvalue weighted by molar-refractivity contribution is 0.0926. The molecule has 2 aromatic heterocycles. The molecule has 174 valence electrons. The Kier molecular flexibility index (Phi) is 5.92. The number of anilines is 1. The second-order valence-electron chi connectivity index (χ2n) is 10.0. The predicted octanol–water partition coefficient (Wildman–Crippen LogP) is 4.93. The lowest BCUT2D eigenvalue weighted by Gasteiger charge is -2.35. The molecule has 1 saturated heterocycles. The fourth-order valence-electron chi connectivity index (χ4n) is 4.48. The minimum Gasteiger partial charge on any atom is -0.366 e. The maximum absolute atomic E-state index is 12.6. The van der Waals surface area contributed by atoms with Crippen molar-refractivity contribution in [2.45, 2.75) is 26.2 Å². The summed E-state index contributed by atoms with van der Waals surface area (Å²) in [6, 6.07) is 18.2. The number of aromatic nitrogens is 3. The zero-order valence-electron chi connectivity index (χ0n) is 20.1. The molecule has 4 aromatic rings. The van der Waals surface area contributed by atoms with E-state index >= 15 is 0 Å². The number of hydrogen-bond acceptors (Lipinski definition) is 5. The first-order valence-corrected chi connectivity index (χ1v) is 11.9. The van der Waals surface area contributed by atoms with Gasteiger partial charge in [0.1, 0.15) is 11.3 Å². The quantitative estimate of drug-likeness (QED) is 0.434. The highest BCUT2D eigenvalue weighted by molar-refractivity contribution is 5.97. The van der Waals surface area contributed by atoms with Gasteiger partial charge < -0.3 is 9.88 Å². The SMILES string of the molecule is CC(C)(C)c1ccc(-c2nc3c(N4CCN(CC(=O)c5ccccc5)CC4)cncc3[nH]2)cc1. The van der Waals surface area contributed by atoms with E-state index in [4.69, 9.17) is 4.98 Å². The number of carbonyl (C=O) groups excluding carboxylic acids is 1. The summed E-state index contributed by atoms with van der Waals surface area (Å²) in [7, 11) is 0. The maximum Gasteiger partial charge on any atom is 0.176 e. The summed E-state index contributed by atoms with van der Waals surface area (Å²) in [6.07, 6.45) is 3.74. The number of rotatable bonds is 5. The van der Waals surface area contributed by atoms with E-state index in [0.717, 1.165) is 59.9 Å². The van der Waals surface area contributed by atoms with Crippen molar-refractivity contribution in [2.75, 3.05) is 37.6 Å². The molecule has 1 N–H and O–H groups in total. The molecule has 3 heterocycles. The number of fused-ring (bicyclic) bond motifs is 1. The summed E-state index contributed by atoms with van der Waals surface area (Å²) in [6.45, 7) is 10.5. The van der Waals surface area contributed by atoms with Gasteiger partial charge in [0, 0.05) is 37.3 Å². The number of carbonyl (C=O) groups is 1. The van der Waals surface area contributed by atoms with Crippen LogP contribution in [0.3, 0.4) is 0 Å². The normalized spacial score (nSPS) is 15.1. The molecule has 6 heteroatoms. The van der Waals surface area contributed by atoms with Crippen LogP contribution >= 0.6 is 0 Å². The lowest BCUT2D eigenvalue weighted by Crippen LogP contribution is -2.48. The van der Waals surface area contributed by atoms with E-state index in [1.54, 1.807) is 0 Å². The first-order chi connectivity index (χ1) is 16.4. The number of nitrogens with zero attached hydrogens (tertiary/aromatic N) is 4. The Morgan fingerprint density at radius 1 is 0.941 bits per heavy atom. The Balaban J connectivity index is 1.30. The van der Waals surface area contributed by atoms with Gasteiger partial charge in [-0.15, -0.1) is 0 Å². The number of hydrogen-bond donors (Lipinski definition) is 1. The van der Waals surface area contributed by atoms with Crippen LogP contribution in [0, 0.1) is 0 Å². The fraction of sp³-hybridized carbons (Fsp3) is 0.321. The molecule has 1 fully saturated rings. The van der Waals surface area contributed by atoms with Crippen LogP contribution in [0.25, 0.3) is 22.4 Å². The Morgan fingerprint density at radius 3 is 2.32 bits per heavy atom. The summed E-state index contributed by atoms with van der Waals surface area (Å²) >= 11 is 0. The fourth-order valence-corrected chi connectivity index (χ4v) is 4.48. The molecular weight excluding hydrogens is 422 g/mol. The van der Waals surface area contributed by atoms with Crippen molar-refractivity contribution in [2.24, 2.45) is 0 Å². The number of H-pyrrole nitrogens is 1. The van der Waals surface area contributed by atoms with Crippen molar-refractivity contribution in [3.05, 3.63) is 78.1 Å². The van der Waals surface area contributed by atoms with Gasteiger partial charge in [0.25, 0.3) is 0 Å². The number of Topliss-reactive ketones (excluding diaryl/α,β-unsaturated/α-hetero) is 1. The Bertz CT molecular complexity index is 1280. The first-order valence-electron chi connectivity index (χ1n) is 11.9. The highest BCUT2D eigenvalue weighted by Crippen LogP contribution is 2.29. The van der Waals surface area contributed by atoms with E-state index < -0.39 is 0 Å². The number of piperazine rings is 1. The second kappa shape index (κ2) is 9.03. The maximum atomic E-state index is 12.6. The third-order valence-electron chi connectivity index (χ3n) is 6.58. The van der Waals surface area contributed by atoms with E-state index in [9.17, 15) is 4.79 Å². The van der Waals surface area contributed by atoms with Crippen molar-refractivity contribution in [3.8, 4) is 11.4 Å². The van der Waals surface area contributed by atoms with Gasteiger partial charge in [-0.3, -0.25) is 14.7 Å². The Labute approximate surface area is 200 Å². The van der Waals surface area contributed by atoms with Gasteiger partial charge in [-0.1, -0.05) is 75.4 Å². The number of imidazole rings is 1. The van der Waals surface area contributed by atoms with Crippen LogP contribution < -0.4 is 4.90 Å². The van der Waals surface area contributed by atoms with E-state index in [-0.39, 0.29) is 11.2 Å². The largest absolute Gasteiger partial charge is 0.366 e. The number of nitrogens with one attached hydrogen (secondary N) is 1. The molecule has 0 bridgehead atoms. The summed E-state index contributed by atoms with van der Waals surface area (Å²) in [5.74, 6) is 1.03. The molecule has 0 radical (unpaired) electrons. The van der Waals surface area contributed by atoms with Crippen molar-refractivity contribution < 1.29 is 4.79 Å². The van der Waals surface area contributed by atoms with Crippen molar-refractivity contribution in [3.63, 3.8) is 0 Å². The molecule has 0 unspecified atom stereocenters.